The van der Waals surface area contributed by atoms with Crippen molar-refractivity contribution in [2.24, 2.45) is 0 Å². The molecule has 21 heavy (non-hydrogen) atoms. The van der Waals surface area contributed by atoms with Crippen LogP contribution in [-0.2, 0) is 9.53 Å². The van der Waals surface area contributed by atoms with E-state index in [-0.39, 0.29) is 5.91 Å². The Morgan fingerprint density at radius 3 is 2.86 bits per heavy atom. The molecule has 5 heteroatoms. The Balaban J connectivity index is 2.04. The maximum atomic E-state index is 12.1. The Kier molecular flexibility index (Phi) is 5.49. The molecule has 0 unspecified atom stereocenters. The molecule has 1 N–H and O–H groups in total. The lowest BCUT2D eigenvalue weighted by molar-refractivity contribution is -0.142. The number of nitrogens with zero attached hydrogens (tertiary/aromatic N) is 1. The van der Waals surface area contributed by atoms with Crippen molar-refractivity contribution in [2.75, 3.05) is 7.11 Å². The number of carbonyl (C=O) groups is 2. The zero-order valence-corrected chi connectivity index (χ0v) is 12.2. The summed E-state index contributed by atoms with van der Waals surface area (Å²) in [6.07, 6.45) is 8.55. The number of pyridine rings is 1. The third-order valence-corrected chi connectivity index (χ3v) is 3.54. The van der Waals surface area contributed by atoms with Crippen molar-refractivity contribution in [3.8, 4) is 0 Å². The first-order valence-corrected chi connectivity index (χ1v) is 7.18. The third kappa shape index (κ3) is 4.41. The van der Waals surface area contributed by atoms with Gasteiger partial charge < -0.3 is 10.1 Å². The second-order valence-electron chi connectivity index (χ2n) is 5.08. The van der Waals surface area contributed by atoms with E-state index < -0.39 is 12.0 Å². The number of nitrogens with one attached hydrogen (secondary N) is 1. The molecule has 5 nitrogen and oxygen atoms in total. The van der Waals surface area contributed by atoms with Crippen molar-refractivity contribution in [1.82, 2.24) is 10.3 Å². The molecule has 0 aromatic carbocycles. The molecule has 1 heterocycles. The standard InChI is InChI=1S/C16H20N2O3/c1-21-16(20)14(11-12-7-3-2-4-8-12)18-15(19)13-9-5-6-10-17-13/h5-7,9-10,14H,2-4,8,11H2,1H3,(H,18,19)/t14-/m1/s1. The highest BCUT2D eigenvalue weighted by Gasteiger charge is 2.24. The van der Waals surface area contributed by atoms with Gasteiger partial charge in [-0.25, -0.2) is 4.79 Å². The van der Waals surface area contributed by atoms with Gasteiger partial charge in [-0.05, 0) is 44.2 Å². The van der Waals surface area contributed by atoms with Crippen LogP contribution in [-0.4, -0.2) is 30.0 Å². The molecule has 1 atom stereocenters. The highest BCUT2D eigenvalue weighted by Crippen LogP contribution is 2.21. The maximum absolute atomic E-state index is 12.1. The molecule has 1 aromatic heterocycles. The highest BCUT2D eigenvalue weighted by molar-refractivity contribution is 5.95. The molecular formula is C16H20N2O3. The van der Waals surface area contributed by atoms with Crippen LogP contribution in [0, 0.1) is 0 Å². The number of ether oxygens (including phenoxy) is 1. The first-order valence-electron chi connectivity index (χ1n) is 7.18. The van der Waals surface area contributed by atoms with Crippen molar-refractivity contribution < 1.29 is 14.3 Å². The lowest BCUT2D eigenvalue weighted by Crippen LogP contribution is -2.42. The zero-order valence-electron chi connectivity index (χ0n) is 12.2. The van der Waals surface area contributed by atoms with E-state index in [4.69, 9.17) is 4.74 Å². The molecule has 0 saturated heterocycles. The van der Waals surface area contributed by atoms with Crippen LogP contribution < -0.4 is 5.32 Å². The van der Waals surface area contributed by atoms with E-state index in [2.05, 4.69) is 16.4 Å². The quantitative estimate of drug-likeness (QED) is 0.666. The van der Waals surface area contributed by atoms with Gasteiger partial charge in [-0.3, -0.25) is 9.78 Å². The predicted molar refractivity (Wildman–Crippen MR) is 78.7 cm³/mol. The van der Waals surface area contributed by atoms with E-state index in [0.29, 0.717) is 12.1 Å². The molecule has 0 bridgehead atoms. The Hall–Kier alpha value is -2.17. The minimum absolute atomic E-state index is 0.295. The van der Waals surface area contributed by atoms with E-state index in [1.54, 1.807) is 24.4 Å². The van der Waals surface area contributed by atoms with E-state index in [1.807, 2.05) is 0 Å². The summed E-state index contributed by atoms with van der Waals surface area (Å²) in [5, 5.41) is 2.71. The molecule has 2 rings (SSSR count). The average molecular weight is 288 g/mol. The third-order valence-electron chi connectivity index (χ3n) is 3.54. The van der Waals surface area contributed by atoms with Crippen molar-refractivity contribution in [3.05, 3.63) is 41.7 Å². The summed E-state index contributed by atoms with van der Waals surface area (Å²) in [5.74, 6) is -0.784. The Labute approximate surface area is 124 Å². The molecule has 0 spiro atoms. The number of esters is 1. The van der Waals surface area contributed by atoms with Crippen molar-refractivity contribution in [3.63, 3.8) is 0 Å². The van der Waals surface area contributed by atoms with E-state index in [0.717, 1.165) is 19.3 Å². The first-order chi connectivity index (χ1) is 10.2. The van der Waals surface area contributed by atoms with Crippen LogP contribution in [0.3, 0.4) is 0 Å². The highest BCUT2D eigenvalue weighted by atomic mass is 16.5. The SMILES string of the molecule is COC(=O)[C@@H](CC1=CCCCC1)NC(=O)c1ccccn1. The molecule has 0 radical (unpaired) electrons. The van der Waals surface area contributed by atoms with Crippen molar-refractivity contribution in [1.29, 1.82) is 0 Å². The van der Waals surface area contributed by atoms with Gasteiger partial charge in [0.25, 0.3) is 5.91 Å². The molecule has 1 aliphatic carbocycles. The predicted octanol–water partition coefficient (Wildman–Crippen LogP) is 2.24. The number of amides is 1. The van der Waals surface area contributed by atoms with Gasteiger partial charge in [0.05, 0.1) is 7.11 Å². The van der Waals surface area contributed by atoms with E-state index >= 15 is 0 Å². The molecule has 1 aromatic rings. The van der Waals surface area contributed by atoms with Gasteiger partial charge in [-0.15, -0.1) is 0 Å². The molecule has 0 aliphatic heterocycles. The van der Waals surface area contributed by atoms with Gasteiger partial charge >= 0.3 is 5.97 Å². The number of hydrogen-bond acceptors (Lipinski definition) is 4. The summed E-state index contributed by atoms with van der Waals surface area (Å²) in [4.78, 5) is 28.0. The molecule has 0 saturated carbocycles. The topological polar surface area (TPSA) is 68.3 Å². The summed E-state index contributed by atoms with van der Waals surface area (Å²) in [6, 6.07) is 4.43. The molecular weight excluding hydrogens is 268 g/mol. The van der Waals surface area contributed by atoms with E-state index in [9.17, 15) is 9.59 Å². The van der Waals surface area contributed by atoms with Gasteiger partial charge in [-0.1, -0.05) is 17.7 Å². The van der Waals surface area contributed by atoms with Crippen LogP contribution >= 0.6 is 0 Å². The smallest absolute Gasteiger partial charge is 0.328 e. The van der Waals surface area contributed by atoms with Crippen LogP contribution in [0.25, 0.3) is 0 Å². The second kappa shape index (κ2) is 7.57. The number of aromatic nitrogens is 1. The van der Waals surface area contributed by atoms with Crippen molar-refractivity contribution in [2.45, 2.75) is 38.1 Å². The van der Waals surface area contributed by atoms with Crippen LogP contribution in [0.15, 0.2) is 36.0 Å². The molecule has 1 amide bonds. The van der Waals surface area contributed by atoms with Gasteiger partial charge in [0.15, 0.2) is 0 Å². The average Bonchev–Trinajstić information content (AvgIpc) is 2.55. The van der Waals surface area contributed by atoms with Gasteiger partial charge in [0.2, 0.25) is 0 Å². The summed E-state index contributed by atoms with van der Waals surface area (Å²) in [5.41, 5.74) is 1.50. The summed E-state index contributed by atoms with van der Waals surface area (Å²) in [7, 11) is 1.33. The lowest BCUT2D eigenvalue weighted by atomic mass is 9.94. The van der Waals surface area contributed by atoms with Crippen LogP contribution in [0.2, 0.25) is 0 Å². The fraction of sp³-hybridized carbons (Fsp3) is 0.438. The Morgan fingerprint density at radius 1 is 1.38 bits per heavy atom. The van der Waals surface area contributed by atoms with Gasteiger partial charge in [0, 0.05) is 6.20 Å². The summed E-state index contributed by atoms with van der Waals surface area (Å²) in [6.45, 7) is 0. The first kappa shape index (κ1) is 15.2. The van der Waals surface area contributed by atoms with Crippen LogP contribution in [0.4, 0.5) is 0 Å². The zero-order chi connectivity index (χ0) is 15.1. The minimum atomic E-state index is -0.658. The Morgan fingerprint density at radius 2 is 2.24 bits per heavy atom. The fourth-order valence-corrected chi connectivity index (χ4v) is 2.42. The van der Waals surface area contributed by atoms with Gasteiger partial charge in [0.1, 0.15) is 11.7 Å². The number of hydrogen-bond donors (Lipinski definition) is 1. The minimum Gasteiger partial charge on any atom is -0.467 e. The summed E-state index contributed by atoms with van der Waals surface area (Å²) < 4.78 is 4.79. The fourth-order valence-electron chi connectivity index (χ4n) is 2.42. The maximum Gasteiger partial charge on any atom is 0.328 e. The normalized spacial score (nSPS) is 15.8. The molecule has 112 valence electrons. The summed E-state index contributed by atoms with van der Waals surface area (Å²) >= 11 is 0. The van der Waals surface area contributed by atoms with E-state index in [1.165, 1.54) is 19.1 Å². The Bertz CT molecular complexity index is 526. The monoisotopic (exact) mass is 288 g/mol. The molecule has 0 fully saturated rings. The number of methoxy groups -OCH3 is 1. The number of rotatable bonds is 5. The number of carbonyl (C=O) groups excluding carboxylic acids is 2. The number of allylic oxidation sites excluding steroid dienone is 1. The van der Waals surface area contributed by atoms with Crippen LogP contribution in [0.5, 0.6) is 0 Å². The molecule has 1 aliphatic rings. The largest absolute Gasteiger partial charge is 0.467 e. The van der Waals surface area contributed by atoms with Gasteiger partial charge in [-0.2, -0.15) is 0 Å². The van der Waals surface area contributed by atoms with Crippen LogP contribution in [0.1, 0.15) is 42.6 Å². The second-order valence-corrected chi connectivity index (χ2v) is 5.08. The lowest BCUT2D eigenvalue weighted by Gasteiger charge is -2.20. The van der Waals surface area contributed by atoms with Crippen molar-refractivity contribution >= 4 is 11.9 Å².